The van der Waals surface area contributed by atoms with Crippen LogP contribution in [0.3, 0.4) is 0 Å². The number of thiocarbonyl (C=S) groups is 2. The van der Waals surface area contributed by atoms with Crippen molar-refractivity contribution >= 4 is 50.0 Å². The first kappa shape index (κ1) is 19.9. The Morgan fingerprint density at radius 2 is 1.92 bits per heavy atom. The molecule has 5 nitrogen and oxygen atoms in total. The second-order valence-electron chi connectivity index (χ2n) is 6.20. The van der Waals surface area contributed by atoms with Gasteiger partial charge in [-0.1, -0.05) is 54.8 Å². The molecule has 1 aliphatic rings. The van der Waals surface area contributed by atoms with Crippen LogP contribution in [0.2, 0.25) is 0 Å². The molecule has 0 unspecified atom stereocenters. The number of hydrogen-bond donors (Lipinski definition) is 0. The molecule has 2 rings (SSSR count). The Bertz CT molecular complexity index is 748. The second-order valence-corrected chi connectivity index (χ2v) is 9.09. The number of rotatable bonds is 7. The van der Waals surface area contributed by atoms with Gasteiger partial charge in [0.15, 0.2) is 15.6 Å². The van der Waals surface area contributed by atoms with Gasteiger partial charge in [-0.15, -0.1) is 0 Å². The average molecular weight is 399 g/mol. The molecule has 1 aromatic rings. The Kier molecular flexibility index (Phi) is 7.04. The smallest absolute Gasteiger partial charge is 0.175 e. The molecule has 0 spiro atoms. The van der Waals surface area contributed by atoms with Crippen molar-refractivity contribution in [2.75, 3.05) is 31.8 Å². The fourth-order valence-electron chi connectivity index (χ4n) is 2.73. The van der Waals surface area contributed by atoms with Crippen LogP contribution >= 0.6 is 24.4 Å². The average Bonchev–Trinajstić information content (AvgIpc) is 2.56. The SMILES string of the molecule is CN(CS(=O)(=O)CC(=O)CN1CCCCC1=S)C(=S)c1ccccc1. The third-order valence-electron chi connectivity index (χ3n) is 3.93. The highest BCUT2D eigenvalue weighted by Crippen LogP contribution is 2.12. The van der Waals surface area contributed by atoms with Crippen LogP contribution in [0.4, 0.5) is 0 Å². The molecule has 0 N–H and O–H groups in total. The summed E-state index contributed by atoms with van der Waals surface area (Å²) in [6, 6.07) is 9.21. The van der Waals surface area contributed by atoms with Crippen molar-refractivity contribution in [3.63, 3.8) is 0 Å². The molecule has 25 heavy (non-hydrogen) atoms. The molecule has 0 radical (unpaired) electrons. The minimum atomic E-state index is -3.58. The summed E-state index contributed by atoms with van der Waals surface area (Å²) < 4.78 is 24.7. The molecule has 1 saturated heterocycles. The number of carbonyl (C=O) groups excluding carboxylic acids is 1. The van der Waals surface area contributed by atoms with E-state index in [2.05, 4.69) is 0 Å². The van der Waals surface area contributed by atoms with Crippen LogP contribution in [0.15, 0.2) is 30.3 Å². The Hall–Kier alpha value is -1.38. The summed E-state index contributed by atoms with van der Waals surface area (Å²) in [5.41, 5.74) is 0.778. The molecular formula is C17H22N2O3S3. The monoisotopic (exact) mass is 398 g/mol. The van der Waals surface area contributed by atoms with E-state index >= 15 is 0 Å². The molecule has 1 fully saturated rings. The number of hydrogen-bond acceptors (Lipinski definition) is 5. The number of likely N-dealkylation sites (tertiary alicyclic amines) is 1. The first-order valence-corrected chi connectivity index (χ1v) is 10.7. The number of piperidine rings is 1. The van der Waals surface area contributed by atoms with Gasteiger partial charge in [0.1, 0.15) is 16.6 Å². The van der Waals surface area contributed by atoms with Gasteiger partial charge in [0.05, 0.1) is 11.5 Å². The van der Waals surface area contributed by atoms with Crippen LogP contribution in [0.25, 0.3) is 0 Å². The topological polar surface area (TPSA) is 57.7 Å². The number of ketones is 1. The molecule has 1 aliphatic heterocycles. The molecular weight excluding hydrogens is 376 g/mol. The lowest BCUT2D eigenvalue weighted by molar-refractivity contribution is -0.117. The van der Waals surface area contributed by atoms with Gasteiger partial charge in [0.25, 0.3) is 0 Å². The number of benzene rings is 1. The van der Waals surface area contributed by atoms with Gasteiger partial charge in [-0.3, -0.25) is 4.79 Å². The van der Waals surface area contributed by atoms with Crippen molar-refractivity contribution < 1.29 is 13.2 Å². The molecule has 0 aromatic heterocycles. The molecule has 0 aliphatic carbocycles. The van der Waals surface area contributed by atoms with Crippen molar-refractivity contribution in [2.24, 2.45) is 0 Å². The van der Waals surface area contributed by atoms with Crippen molar-refractivity contribution in [1.29, 1.82) is 0 Å². The van der Waals surface area contributed by atoms with Crippen LogP contribution < -0.4 is 0 Å². The molecule has 0 amide bonds. The van der Waals surface area contributed by atoms with Gasteiger partial charge in [0.2, 0.25) is 0 Å². The van der Waals surface area contributed by atoms with Gasteiger partial charge in [-0.25, -0.2) is 8.42 Å². The third-order valence-corrected chi connectivity index (χ3v) is 6.48. The van der Waals surface area contributed by atoms with E-state index in [-0.39, 0.29) is 18.2 Å². The van der Waals surface area contributed by atoms with E-state index in [1.165, 1.54) is 4.90 Å². The summed E-state index contributed by atoms with van der Waals surface area (Å²) in [6.07, 6.45) is 2.81. The minimum absolute atomic E-state index is 0.0743. The molecule has 1 aromatic carbocycles. The lowest BCUT2D eigenvalue weighted by atomic mass is 10.1. The maximum Gasteiger partial charge on any atom is 0.175 e. The summed E-state index contributed by atoms with van der Waals surface area (Å²) in [5.74, 6) is -1.10. The Morgan fingerprint density at radius 3 is 2.56 bits per heavy atom. The van der Waals surface area contributed by atoms with Gasteiger partial charge < -0.3 is 9.80 Å². The van der Waals surface area contributed by atoms with E-state index in [4.69, 9.17) is 24.4 Å². The summed E-state index contributed by atoms with van der Waals surface area (Å²) in [6.45, 7) is 0.799. The van der Waals surface area contributed by atoms with Crippen LogP contribution in [-0.4, -0.2) is 65.7 Å². The summed E-state index contributed by atoms with van der Waals surface area (Å²) in [4.78, 5) is 16.6. The zero-order valence-corrected chi connectivity index (χ0v) is 16.6. The largest absolute Gasteiger partial charge is 0.359 e. The van der Waals surface area contributed by atoms with E-state index in [9.17, 15) is 13.2 Å². The third kappa shape index (κ3) is 6.13. The van der Waals surface area contributed by atoms with Crippen LogP contribution in [0, 0.1) is 0 Å². The van der Waals surface area contributed by atoms with Crippen molar-refractivity contribution in [3.05, 3.63) is 35.9 Å². The fourth-order valence-corrected chi connectivity index (χ4v) is 4.71. The first-order chi connectivity index (χ1) is 11.8. The number of carbonyl (C=O) groups is 1. The highest BCUT2D eigenvalue weighted by Gasteiger charge is 2.24. The predicted molar refractivity (Wildman–Crippen MR) is 108 cm³/mol. The van der Waals surface area contributed by atoms with E-state index in [1.807, 2.05) is 35.2 Å². The maximum atomic E-state index is 12.3. The highest BCUT2D eigenvalue weighted by atomic mass is 32.2. The zero-order valence-electron chi connectivity index (χ0n) is 14.2. The van der Waals surface area contributed by atoms with E-state index in [1.54, 1.807) is 7.05 Å². The van der Waals surface area contributed by atoms with Gasteiger partial charge in [0, 0.05) is 19.2 Å². The van der Waals surface area contributed by atoms with Crippen LogP contribution in [0.5, 0.6) is 0 Å². The molecule has 0 bridgehead atoms. The van der Waals surface area contributed by atoms with Crippen molar-refractivity contribution in [2.45, 2.75) is 19.3 Å². The van der Waals surface area contributed by atoms with Gasteiger partial charge >= 0.3 is 0 Å². The van der Waals surface area contributed by atoms with E-state index in [0.717, 1.165) is 36.4 Å². The number of Topliss-reactive ketones (excluding diaryl/α,β-unsaturated/α-hetero) is 1. The fraction of sp³-hybridized carbons (Fsp3) is 0.471. The Morgan fingerprint density at radius 1 is 1.24 bits per heavy atom. The zero-order chi connectivity index (χ0) is 18.4. The lowest BCUT2D eigenvalue weighted by Crippen LogP contribution is -2.41. The van der Waals surface area contributed by atoms with Crippen LogP contribution in [-0.2, 0) is 14.6 Å². The molecule has 8 heteroatoms. The molecule has 0 atom stereocenters. The summed E-state index contributed by atoms with van der Waals surface area (Å²) in [7, 11) is -1.96. The van der Waals surface area contributed by atoms with Gasteiger partial charge in [-0.05, 0) is 19.3 Å². The quantitative estimate of drug-likeness (QED) is 0.652. The summed E-state index contributed by atoms with van der Waals surface area (Å²) in [5, 5.41) is 0. The number of sulfone groups is 1. The second kappa shape index (κ2) is 8.82. The minimum Gasteiger partial charge on any atom is -0.359 e. The first-order valence-electron chi connectivity index (χ1n) is 8.09. The molecule has 1 heterocycles. The molecule has 0 saturated carbocycles. The van der Waals surface area contributed by atoms with E-state index in [0.29, 0.717) is 4.99 Å². The Labute approximate surface area is 159 Å². The molecule has 136 valence electrons. The standard InChI is InChI=1S/C17H22N2O3S3/c1-18(17(24)14-7-3-2-4-8-14)13-25(21,22)12-15(20)11-19-10-6-5-9-16(19)23/h2-4,7-8H,5-6,9-13H2,1H3. The normalized spacial score (nSPS) is 15.1. The maximum absolute atomic E-state index is 12.3. The lowest BCUT2D eigenvalue weighted by Gasteiger charge is -2.28. The Balaban J connectivity index is 1.91. The van der Waals surface area contributed by atoms with Crippen LogP contribution in [0.1, 0.15) is 24.8 Å². The van der Waals surface area contributed by atoms with Crippen molar-refractivity contribution in [3.8, 4) is 0 Å². The number of nitrogens with zero attached hydrogens (tertiary/aromatic N) is 2. The van der Waals surface area contributed by atoms with Crippen molar-refractivity contribution in [1.82, 2.24) is 9.80 Å². The predicted octanol–water partition coefficient (Wildman–Crippen LogP) is 2.05. The highest BCUT2D eigenvalue weighted by molar-refractivity contribution is 7.92. The van der Waals surface area contributed by atoms with Gasteiger partial charge in [-0.2, -0.15) is 0 Å². The summed E-state index contributed by atoms with van der Waals surface area (Å²) >= 11 is 10.6. The van der Waals surface area contributed by atoms with E-state index < -0.39 is 15.6 Å².